The third kappa shape index (κ3) is 2.46. The van der Waals surface area contributed by atoms with E-state index < -0.39 is 11.5 Å². The van der Waals surface area contributed by atoms with Crippen LogP contribution in [0.25, 0.3) is 0 Å². The lowest BCUT2D eigenvalue weighted by Crippen LogP contribution is -2.41. The number of esters is 1. The highest BCUT2D eigenvalue weighted by Gasteiger charge is 2.43. The summed E-state index contributed by atoms with van der Waals surface area (Å²) in [4.78, 5) is 32.3. The molecule has 7 nitrogen and oxygen atoms in total. The van der Waals surface area contributed by atoms with Crippen LogP contribution in [0.1, 0.15) is 36.8 Å². The Morgan fingerprint density at radius 3 is 2.67 bits per heavy atom. The molecule has 112 valence electrons. The number of hydrogen-bond donors (Lipinski definition) is 2. The first kappa shape index (κ1) is 15.0. The predicted octanol–water partition coefficient (Wildman–Crippen LogP) is 0.865. The summed E-state index contributed by atoms with van der Waals surface area (Å²) < 4.78 is 4.66. The van der Waals surface area contributed by atoms with Gasteiger partial charge in [-0.2, -0.15) is 0 Å². The normalized spacial score (nSPS) is 21.2. The van der Waals surface area contributed by atoms with Crippen LogP contribution in [0, 0.1) is 5.92 Å². The number of aromatic hydroxyl groups is 1. The molecule has 0 saturated heterocycles. The third-order valence-electron chi connectivity index (χ3n) is 3.66. The summed E-state index contributed by atoms with van der Waals surface area (Å²) in [7, 11) is 1.23. The third-order valence-corrected chi connectivity index (χ3v) is 3.66. The number of carbonyl (C=O) groups is 2. The maximum atomic E-state index is 12.1. The summed E-state index contributed by atoms with van der Waals surface area (Å²) in [6, 6.07) is 1.23. The number of amides is 1. The van der Waals surface area contributed by atoms with E-state index in [9.17, 15) is 14.7 Å². The molecule has 21 heavy (non-hydrogen) atoms. The minimum absolute atomic E-state index is 0.0197. The van der Waals surface area contributed by atoms with Gasteiger partial charge in [-0.1, -0.05) is 13.8 Å². The Morgan fingerprint density at radius 1 is 1.48 bits per heavy atom. The zero-order chi connectivity index (χ0) is 15.8. The summed E-state index contributed by atoms with van der Waals surface area (Å²) in [5.74, 6) is -0.900. The van der Waals surface area contributed by atoms with Crippen LogP contribution < -0.4 is 5.32 Å². The van der Waals surface area contributed by atoms with Crippen LogP contribution in [0.3, 0.4) is 0 Å². The minimum Gasteiger partial charge on any atom is -0.506 e. The smallest absolute Gasteiger partial charge is 0.340 e. The van der Waals surface area contributed by atoms with E-state index in [2.05, 4.69) is 20.0 Å². The highest BCUT2D eigenvalue weighted by atomic mass is 16.5. The molecule has 0 spiro atoms. The van der Waals surface area contributed by atoms with Gasteiger partial charge in [0.15, 0.2) is 5.84 Å². The zero-order valence-corrected chi connectivity index (χ0v) is 12.3. The average molecular weight is 291 g/mol. The highest BCUT2D eigenvalue weighted by molar-refractivity contribution is 6.17. The Bertz CT molecular complexity index is 639. The van der Waals surface area contributed by atoms with Crippen LogP contribution in [-0.4, -0.2) is 40.5 Å². The molecule has 1 aliphatic heterocycles. The number of hydrogen-bond acceptors (Lipinski definition) is 6. The summed E-state index contributed by atoms with van der Waals surface area (Å²) >= 11 is 0. The lowest BCUT2D eigenvalue weighted by atomic mass is 9.89. The van der Waals surface area contributed by atoms with E-state index in [1.807, 2.05) is 13.8 Å². The Labute approximate surface area is 122 Å². The number of carbonyl (C=O) groups excluding carboxylic acids is 2. The number of aromatic nitrogens is 1. The van der Waals surface area contributed by atoms with Crippen molar-refractivity contribution < 1.29 is 19.4 Å². The predicted molar refractivity (Wildman–Crippen MR) is 75.2 cm³/mol. The summed E-state index contributed by atoms with van der Waals surface area (Å²) in [5, 5.41) is 12.1. The summed E-state index contributed by atoms with van der Waals surface area (Å²) in [6.07, 6.45) is 1.18. The van der Waals surface area contributed by atoms with E-state index in [1.54, 1.807) is 6.92 Å². The number of amidine groups is 1. The molecule has 2 rings (SSSR count). The van der Waals surface area contributed by atoms with Crippen LogP contribution in [0.2, 0.25) is 0 Å². The Hall–Kier alpha value is -2.44. The molecule has 1 aromatic heterocycles. The van der Waals surface area contributed by atoms with Gasteiger partial charge in [-0.15, -0.1) is 0 Å². The molecular formula is C14H17N3O4. The lowest BCUT2D eigenvalue weighted by molar-refractivity contribution is -0.124. The molecule has 2 heterocycles. The first-order valence-corrected chi connectivity index (χ1v) is 6.48. The van der Waals surface area contributed by atoms with Crippen molar-refractivity contribution in [1.29, 1.82) is 0 Å². The van der Waals surface area contributed by atoms with Crippen molar-refractivity contribution in [2.45, 2.75) is 26.3 Å². The highest BCUT2D eigenvalue weighted by Crippen LogP contribution is 2.27. The number of rotatable bonds is 3. The van der Waals surface area contributed by atoms with Gasteiger partial charge in [-0.05, 0) is 18.9 Å². The Balaban J connectivity index is 2.54. The number of ether oxygens (including phenoxy) is 1. The fourth-order valence-electron chi connectivity index (χ4n) is 1.96. The van der Waals surface area contributed by atoms with Gasteiger partial charge in [0, 0.05) is 0 Å². The second-order valence-electron chi connectivity index (χ2n) is 5.30. The molecule has 0 saturated carbocycles. The molecule has 0 aromatic carbocycles. The largest absolute Gasteiger partial charge is 0.506 e. The Morgan fingerprint density at radius 2 is 2.14 bits per heavy atom. The molecule has 0 fully saturated rings. The second-order valence-corrected chi connectivity index (χ2v) is 5.30. The van der Waals surface area contributed by atoms with E-state index in [1.165, 1.54) is 19.4 Å². The van der Waals surface area contributed by atoms with Gasteiger partial charge < -0.3 is 15.2 Å². The SMILES string of the molecule is COC(=O)c1cc(O)cnc1C1=NC(C)(C(C)C)C(=O)N1. The molecule has 1 atom stereocenters. The van der Waals surface area contributed by atoms with Crippen molar-refractivity contribution in [3.05, 3.63) is 23.5 Å². The van der Waals surface area contributed by atoms with Gasteiger partial charge >= 0.3 is 5.97 Å². The number of nitrogens with zero attached hydrogens (tertiary/aromatic N) is 2. The van der Waals surface area contributed by atoms with Gasteiger partial charge in [-0.25, -0.2) is 14.8 Å². The zero-order valence-electron chi connectivity index (χ0n) is 12.3. The fraction of sp³-hybridized carbons (Fsp3) is 0.429. The summed E-state index contributed by atoms with van der Waals surface area (Å²) in [5.41, 5.74) is -0.690. The standard InChI is InChI=1S/C14H17N3O4/c1-7(2)14(3)13(20)16-11(17-14)10-9(12(19)21-4)5-8(18)6-15-10/h5-7,18H,1-4H3,(H,16,17,20). The monoisotopic (exact) mass is 291 g/mol. The first-order valence-electron chi connectivity index (χ1n) is 6.48. The lowest BCUT2D eigenvalue weighted by Gasteiger charge is -2.21. The van der Waals surface area contributed by atoms with E-state index in [0.717, 1.165) is 0 Å². The molecule has 1 aliphatic rings. The molecule has 0 bridgehead atoms. The maximum Gasteiger partial charge on any atom is 0.340 e. The van der Waals surface area contributed by atoms with Gasteiger partial charge in [0.1, 0.15) is 17.0 Å². The number of nitrogens with one attached hydrogen (secondary N) is 1. The number of methoxy groups -OCH3 is 1. The number of pyridine rings is 1. The van der Waals surface area contributed by atoms with Crippen LogP contribution in [0.4, 0.5) is 0 Å². The maximum absolute atomic E-state index is 12.1. The van der Waals surface area contributed by atoms with Crippen molar-refractivity contribution in [3.63, 3.8) is 0 Å². The molecule has 2 N–H and O–H groups in total. The van der Waals surface area contributed by atoms with Gasteiger partial charge in [0.05, 0.1) is 18.9 Å². The average Bonchev–Trinajstić information content (AvgIpc) is 2.75. The van der Waals surface area contributed by atoms with E-state index in [-0.39, 0.29) is 34.7 Å². The van der Waals surface area contributed by atoms with Crippen LogP contribution in [0.5, 0.6) is 5.75 Å². The molecule has 7 heteroatoms. The fourth-order valence-corrected chi connectivity index (χ4v) is 1.96. The molecular weight excluding hydrogens is 274 g/mol. The van der Waals surface area contributed by atoms with E-state index in [4.69, 9.17) is 0 Å². The van der Waals surface area contributed by atoms with Gasteiger partial charge in [-0.3, -0.25) is 4.79 Å². The van der Waals surface area contributed by atoms with Gasteiger partial charge in [0.2, 0.25) is 0 Å². The molecule has 1 unspecified atom stereocenters. The second kappa shape index (κ2) is 5.16. The Kier molecular flexibility index (Phi) is 3.67. The van der Waals surface area contributed by atoms with E-state index >= 15 is 0 Å². The van der Waals surface area contributed by atoms with E-state index in [0.29, 0.717) is 0 Å². The van der Waals surface area contributed by atoms with Crippen LogP contribution >= 0.6 is 0 Å². The quantitative estimate of drug-likeness (QED) is 0.804. The van der Waals surface area contributed by atoms with Crippen molar-refractivity contribution in [2.75, 3.05) is 7.11 Å². The van der Waals surface area contributed by atoms with Crippen LogP contribution in [-0.2, 0) is 9.53 Å². The molecule has 1 aromatic rings. The van der Waals surface area contributed by atoms with Crippen molar-refractivity contribution in [3.8, 4) is 5.75 Å². The van der Waals surface area contributed by atoms with Crippen molar-refractivity contribution >= 4 is 17.7 Å². The minimum atomic E-state index is -0.914. The molecule has 0 radical (unpaired) electrons. The molecule has 0 aliphatic carbocycles. The summed E-state index contributed by atoms with van der Waals surface area (Å²) in [6.45, 7) is 5.49. The first-order chi connectivity index (χ1) is 9.79. The topological polar surface area (TPSA) is 101 Å². The van der Waals surface area contributed by atoms with Crippen LogP contribution in [0.15, 0.2) is 17.3 Å². The van der Waals surface area contributed by atoms with Crippen molar-refractivity contribution in [1.82, 2.24) is 10.3 Å². The van der Waals surface area contributed by atoms with Gasteiger partial charge in [0.25, 0.3) is 5.91 Å². The molecule has 1 amide bonds. The number of aliphatic imine (C=N–C) groups is 1. The van der Waals surface area contributed by atoms with Crippen molar-refractivity contribution in [2.24, 2.45) is 10.9 Å².